The van der Waals surface area contributed by atoms with E-state index < -0.39 is 17.8 Å². The minimum Gasteiger partial charge on any atom is -0.481 e. The van der Waals surface area contributed by atoms with Crippen LogP contribution in [0.1, 0.15) is 70.6 Å². The van der Waals surface area contributed by atoms with Gasteiger partial charge in [-0.15, -0.1) is 0 Å². The van der Waals surface area contributed by atoms with Crippen LogP contribution in [0.15, 0.2) is 12.2 Å². The molecule has 2 saturated heterocycles. The smallest absolute Gasteiger partial charge is 0.309 e. The molecule has 4 atom stereocenters. The van der Waals surface area contributed by atoms with Crippen LogP contribution in [-0.4, -0.2) is 47.7 Å². The summed E-state index contributed by atoms with van der Waals surface area (Å²) in [5.41, 5.74) is 0. The number of allylic oxidation sites excluding steroid dienone is 2. The fraction of sp³-hybridized carbons (Fsp3) is 0.773. The van der Waals surface area contributed by atoms with Gasteiger partial charge in [0, 0.05) is 24.9 Å². The van der Waals surface area contributed by atoms with Gasteiger partial charge in [-0.1, -0.05) is 31.4 Å². The average Bonchev–Trinajstić information content (AvgIpc) is 3.31. The van der Waals surface area contributed by atoms with Crippen molar-refractivity contribution in [2.24, 2.45) is 11.8 Å². The lowest BCUT2D eigenvalue weighted by molar-refractivity contribution is -0.139. The molecule has 7 nitrogen and oxygen atoms in total. The number of hydrogen-bond acceptors (Lipinski definition) is 4. The first-order valence-electron chi connectivity index (χ1n) is 11.2. The number of hydrogen-bond donors (Lipinski definition) is 3. The maximum Gasteiger partial charge on any atom is 0.309 e. The van der Waals surface area contributed by atoms with E-state index in [4.69, 9.17) is 9.84 Å². The van der Waals surface area contributed by atoms with E-state index in [9.17, 15) is 14.4 Å². The third-order valence-corrected chi connectivity index (χ3v) is 6.57. The molecule has 1 saturated carbocycles. The number of carboxylic acids is 1. The molecule has 29 heavy (non-hydrogen) atoms. The maximum absolute atomic E-state index is 12.2. The van der Waals surface area contributed by atoms with Gasteiger partial charge in [0.05, 0.1) is 12.2 Å². The third kappa shape index (κ3) is 6.29. The lowest BCUT2D eigenvalue weighted by Crippen LogP contribution is -2.47. The van der Waals surface area contributed by atoms with Crippen molar-refractivity contribution in [1.82, 2.24) is 10.6 Å². The van der Waals surface area contributed by atoms with Gasteiger partial charge in [-0.3, -0.25) is 14.4 Å². The van der Waals surface area contributed by atoms with Crippen molar-refractivity contribution in [2.45, 2.75) is 88.9 Å². The van der Waals surface area contributed by atoms with E-state index in [1.54, 1.807) is 0 Å². The Hall–Kier alpha value is -1.89. The van der Waals surface area contributed by atoms with Gasteiger partial charge >= 0.3 is 17.8 Å². The molecule has 2 bridgehead atoms. The average molecular weight is 407 g/mol. The first-order valence-corrected chi connectivity index (χ1v) is 11.2. The van der Waals surface area contributed by atoms with Crippen molar-refractivity contribution in [2.75, 3.05) is 6.54 Å². The van der Waals surface area contributed by atoms with E-state index in [2.05, 4.69) is 16.7 Å². The maximum atomic E-state index is 12.2. The van der Waals surface area contributed by atoms with E-state index in [0.29, 0.717) is 18.9 Å². The molecule has 0 aromatic heterocycles. The van der Waals surface area contributed by atoms with Gasteiger partial charge in [-0.2, -0.15) is 0 Å². The van der Waals surface area contributed by atoms with Crippen LogP contribution in [-0.2, 0) is 19.1 Å². The van der Waals surface area contributed by atoms with Crippen LogP contribution < -0.4 is 10.6 Å². The Bertz CT molecular complexity index is 614. The molecule has 0 aromatic carbocycles. The fourth-order valence-electron chi connectivity index (χ4n) is 5.01. The number of rotatable bonds is 9. The Kier molecular flexibility index (Phi) is 8.09. The second-order valence-corrected chi connectivity index (χ2v) is 8.63. The Labute approximate surface area is 172 Å². The Morgan fingerprint density at radius 1 is 0.931 bits per heavy atom. The monoisotopic (exact) mass is 406 g/mol. The molecule has 3 aliphatic rings. The zero-order valence-corrected chi connectivity index (χ0v) is 17.1. The summed E-state index contributed by atoms with van der Waals surface area (Å²) in [5.74, 6) is -1.25. The van der Waals surface area contributed by atoms with Crippen molar-refractivity contribution >= 4 is 17.8 Å². The van der Waals surface area contributed by atoms with Crippen molar-refractivity contribution in [3.05, 3.63) is 12.2 Å². The number of carbonyl (C=O) groups is 3. The van der Waals surface area contributed by atoms with Gasteiger partial charge in [0.25, 0.3) is 0 Å². The summed E-state index contributed by atoms with van der Waals surface area (Å²) in [4.78, 5) is 35.0. The standard InChI is InChI=1S/C22H34N2O5/c25-20(26)11-7-2-1-6-10-16-17(19-13-12-18(16)29-19)14-23-21(27)22(28)24-15-8-4-3-5-9-15/h1,6,15-19H,2-5,7-14H2,(H,23,27)(H,24,28)(H,25,26)/t16-,17+,18-,19+/m1/s1. The molecule has 3 fully saturated rings. The number of amides is 2. The van der Waals surface area contributed by atoms with E-state index in [1.807, 2.05) is 6.08 Å². The molecule has 2 aliphatic heterocycles. The van der Waals surface area contributed by atoms with E-state index in [0.717, 1.165) is 51.4 Å². The minimum absolute atomic E-state index is 0.131. The van der Waals surface area contributed by atoms with Gasteiger partial charge in [0.15, 0.2) is 0 Å². The quantitative estimate of drug-likeness (QED) is 0.310. The molecule has 2 amide bonds. The molecule has 3 N–H and O–H groups in total. The molecule has 2 heterocycles. The molecule has 1 aliphatic carbocycles. The molecule has 0 radical (unpaired) electrons. The minimum atomic E-state index is -0.761. The highest BCUT2D eigenvalue weighted by molar-refractivity contribution is 6.35. The summed E-state index contributed by atoms with van der Waals surface area (Å²) >= 11 is 0. The number of fused-ring (bicyclic) bond motifs is 2. The van der Waals surface area contributed by atoms with Crippen molar-refractivity contribution < 1.29 is 24.2 Å². The number of carbonyl (C=O) groups excluding carboxylic acids is 2. The molecule has 7 heteroatoms. The third-order valence-electron chi connectivity index (χ3n) is 6.57. The number of ether oxygens (including phenoxy) is 1. The summed E-state index contributed by atoms with van der Waals surface area (Å²) in [7, 11) is 0. The second kappa shape index (κ2) is 10.8. The number of aliphatic carboxylic acids is 1. The first kappa shape index (κ1) is 21.8. The number of carboxylic acid groups (broad SMARTS) is 1. The highest BCUT2D eigenvalue weighted by Crippen LogP contribution is 2.44. The molecule has 162 valence electrons. The normalized spacial score (nSPS) is 29.2. The SMILES string of the molecule is O=C(O)CCCC=CC[C@@H]1[C@H](CNC(=O)C(=O)NC2CCCCC2)[C@@H]2CC[C@H]1O2. The number of unbranched alkanes of at least 4 members (excludes halogenated alkanes) is 1. The van der Waals surface area contributed by atoms with E-state index in [1.165, 1.54) is 6.42 Å². The Morgan fingerprint density at radius 3 is 2.38 bits per heavy atom. The predicted octanol–water partition coefficient (Wildman–Crippen LogP) is 2.55. The van der Waals surface area contributed by atoms with Gasteiger partial charge in [0.2, 0.25) is 0 Å². The van der Waals surface area contributed by atoms with Crippen LogP contribution in [0.3, 0.4) is 0 Å². The second-order valence-electron chi connectivity index (χ2n) is 8.63. The molecule has 0 spiro atoms. The van der Waals surface area contributed by atoms with Crippen LogP contribution in [0.25, 0.3) is 0 Å². The number of nitrogens with one attached hydrogen (secondary N) is 2. The first-order chi connectivity index (χ1) is 14.0. The summed E-state index contributed by atoms with van der Waals surface area (Å²) in [5, 5.41) is 14.4. The van der Waals surface area contributed by atoms with Gasteiger partial charge in [-0.05, 0) is 50.9 Å². The molecule has 0 aromatic rings. The summed E-state index contributed by atoms with van der Waals surface area (Å²) in [6.07, 6.45) is 14.4. The molecule has 3 rings (SSSR count). The molecular weight excluding hydrogens is 372 g/mol. The highest BCUT2D eigenvalue weighted by Gasteiger charge is 2.48. The van der Waals surface area contributed by atoms with Crippen LogP contribution in [0.2, 0.25) is 0 Å². The lowest BCUT2D eigenvalue weighted by atomic mass is 9.77. The molecule has 0 unspecified atom stereocenters. The van der Waals surface area contributed by atoms with Crippen molar-refractivity contribution in [1.29, 1.82) is 0 Å². The predicted molar refractivity (Wildman–Crippen MR) is 108 cm³/mol. The topological polar surface area (TPSA) is 105 Å². The van der Waals surface area contributed by atoms with E-state index in [-0.39, 0.29) is 30.6 Å². The van der Waals surface area contributed by atoms with Crippen LogP contribution in [0.4, 0.5) is 0 Å². The molecular formula is C22H34N2O5. The zero-order valence-electron chi connectivity index (χ0n) is 17.1. The van der Waals surface area contributed by atoms with Gasteiger partial charge in [-0.25, -0.2) is 0 Å². The Morgan fingerprint density at radius 2 is 1.66 bits per heavy atom. The van der Waals surface area contributed by atoms with Crippen LogP contribution in [0.5, 0.6) is 0 Å². The zero-order chi connectivity index (χ0) is 20.6. The summed E-state index contributed by atoms with van der Waals surface area (Å²) in [6.45, 7) is 0.468. The van der Waals surface area contributed by atoms with Crippen LogP contribution >= 0.6 is 0 Å². The van der Waals surface area contributed by atoms with Gasteiger partial charge < -0.3 is 20.5 Å². The fourth-order valence-corrected chi connectivity index (χ4v) is 5.01. The lowest BCUT2D eigenvalue weighted by Gasteiger charge is -2.27. The highest BCUT2D eigenvalue weighted by atomic mass is 16.5. The van der Waals surface area contributed by atoms with Crippen molar-refractivity contribution in [3.8, 4) is 0 Å². The van der Waals surface area contributed by atoms with Crippen LogP contribution in [0, 0.1) is 11.8 Å². The van der Waals surface area contributed by atoms with E-state index >= 15 is 0 Å². The summed E-state index contributed by atoms with van der Waals surface area (Å²) < 4.78 is 6.06. The Balaban J connectivity index is 1.42. The largest absolute Gasteiger partial charge is 0.481 e. The van der Waals surface area contributed by atoms with Gasteiger partial charge in [0.1, 0.15) is 0 Å². The van der Waals surface area contributed by atoms with Crippen molar-refractivity contribution in [3.63, 3.8) is 0 Å². The summed E-state index contributed by atoms with van der Waals surface area (Å²) in [6, 6.07) is 0.131.